The zero-order valence-electron chi connectivity index (χ0n) is 22.3. The number of nitrogens with zero attached hydrogens (tertiary/aromatic N) is 1. The Morgan fingerprint density at radius 2 is 1.61 bits per heavy atom. The highest BCUT2D eigenvalue weighted by molar-refractivity contribution is 7.91. The van der Waals surface area contributed by atoms with Crippen molar-refractivity contribution in [2.75, 3.05) is 28.4 Å². The highest BCUT2D eigenvalue weighted by Crippen LogP contribution is 2.36. The van der Waals surface area contributed by atoms with E-state index in [0.29, 0.717) is 47.2 Å². The van der Waals surface area contributed by atoms with Gasteiger partial charge in [0.2, 0.25) is 0 Å². The molecule has 2 heterocycles. The third kappa shape index (κ3) is 7.05. The van der Waals surface area contributed by atoms with Gasteiger partial charge in [-0.25, -0.2) is 16.8 Å². The number of hydrogen-bond donors (Lipinski definition) is 2. The summed E-state index contributed by atoms with van der Waals surface area (Å²) < 4.78 is 89.2. The van der Waals surface area contributed by atoms with Crippen LogP contribution in [0.2, 0.25) is 0 Å². The van der Waals surface area contributed by atoms with Crippen LogP contribution in [-0.4, -0.2) is 51.4 Å². The molecule has 0 aliphatic carbocycles. The van der Waals surface area contributed by atoms with Crippen LogP contribution in [0.5, 0.6) is 0 Å². The number of fused-ring (bicyclic) bond motifs is 1. The first-order valence-corrected chi connectivity index (χ1v) is 16.8. The van der Waals surface area contributed by atoms with Crippen LogP contribution in [0.15, 0.2) is 77.7 Å². The maximum atomic E-state index is 13.7. The Bertz CT molecular complexity index is 1750. The molecule has 4 aromatic rings. The largest absolute Gasteiger partial charge is 0.406 e. The lowest BCUT2D eigenvalue weighted by molar-refractivity contribution is -0.139. The van der Waals surface area contributed by atoms with Crippen molar-refractivity contribution >= 4 is 42.0 Å². The van der Waals surface area contributed by atoms with E-state index in [1.165, 1.54) is 16.7 Å². The standard InChI is InChI=1S/C29H30F3N3O4S2/c1-40(36,37)24-11-9-22(10-12-24)33-18-20-5-7-21(8-6-20)28-17-25-26(34-23-13-15-41(38,39)16-14-23)3-2-4-27(25)35(28)19-29(30,31)32/h2-12,17,23,33-34H,13-16,18-19H2,1H3. The van der Waals surface area contributed by atoms with Gasteiger partial charge in [0.05, 0.1) is 21.9 Å². The maximum absolute atomic E-state index is 13.7. The van der Waals surface area contributed by atoms with E-state index in [2.05, 4.69) is 10.6 Å². The normalized spacial score (nSPS) is 16.1. The van der Waals surface area contributed by atoms with E-state index in [0.717, 1.165) is 17.5 Å². The SMILES string of the molecule is CS(=O)(=O)c1ccc(NCc2ccc(-c3cc4c(NC5CCS(=O)(=O)CC5)cccc4n3CC(F)(F)F)cc2)cc1. The maximum Gasteiger partial charge on any atom is 0.406 e. The minimum Gasteiger partial charge on any atom is -0.382 e. The van der Waals surface area contributed by atoms with Gasteiger partial charge in [0.1, 0.15) is 16.4 Å². The van der Waals surface area contributed by atoms with Gasteiger partial charge in [-0.2, -0.15) is 13.2 Å². The van der Waals surface area contributed by atoms with Crippen LogP contribution >= 0.6 is 0 Å². The molecule has 0 saturated carbocycles. The molecule has 3 aromatic carbocycles. The summed E-state index contributed by atoms with van der Waals surface area (Å²) in [4.78, 5) is 0.228. The Balaban J connectivity index is 1.39. The molecule has 1 saturated heterocycles. The van der Waals surface area contributed by atoms with Crippen molar-refractivity contribution in [2.24, 2.45) is 0 Å². The molecule has 0 bridgehead atoms. The first-order chi connectivity index (χ1) is 19.3. The molecule has 41 heavy (non-hydrogen) atoms. The fourth-order valence-corrected chi connectivity index (χ4v) is 7.19. The zero-order chi connectivity index (χ0) is 29.4. The van der Waals surface area contributed by atoms with Crippen molar-refractivity contribution in [2.45, 2.75) is 43.0 Å². The number of halogens is 3. The molecule has 7 nitrogen and oxygen atoms in total. The molecule has 2 N–H and O–H groups in total. The first kappa shape index (κ1) is 29.0. The van der Waals surface area contributed by atoms with Gasteiger partial charge < -0.3 is 15.2 Å². The van der Waals surface area contributed by atoms with E-state index in [4.69, 9.17) is 0 Å². The van der Waals surface area contributed by atoms with Crippen molar-refractivity contribution < 1.29 is 30.0 Å². The third-order valence-corrected chi connectivity index (χ3v) is 10.1. The van der Waals surface area contributed by atoms with Crippen LogP contribution in [0.3, 0.4) is 0 Å². The smallest absolute Gasteiger partial charge is 0.382 e. The van der Waals surface area contributed by atoms with Gasteiger partial charge >= 0.3 is 6.18 Å². The number of anilines is 2. The van der Waals surface area contributed by atoms with Crippen molar-refractivity contribution in [3.63, 3.8) is 0 Å². The van der Waals surface area contributed by atoms with E-state index < -0.39 is 32.4 Å². The van der Waals surface area contributed by atoms with Gasteiger partial charge in [-0.15, -0.1) is 0 Å². The van der Waals surface area contributed by atoms with Gasteiger partial charge in [-0.3, -0.25) is 0 Å². The molecule has 5 rings (SSSR count). The quantitative estimate of drug-likeness (QED) is 0.261. The minimum atomic E-state index is -4.43. The molecule has 0 atom stereocenters. The Morgan fingerprint density at radius 3 is 2.22 bits per heavy atom. The Labute approximate surface area is 237 Å². The van der Waals surface area contributed by atoms with Gasteiger partial charge in [-0.1, -0.05) is 30.3 Å². The molecule has 0 spiro atoms. The molecule has 12 heteroatoms. The number of sulfone groups is 2. The van der Waals surface area contributed by atoms with Crippen molar-refractivity contribution in [3.05, 3.63) is 78.4 Å². The van der Waals surface area contributed by atoms with Crippen molar-refractivity contribution in [1.29, 1.82) is 0 Å². The lowest BCUT2D eigenvalue weighted by Crippen LogP contribution is -2.32. The summed E-state index contributed by atoms with van der Waals surface area (Å²) in [5.74, 6) is 0.183. The second-order valence-corrected chi connectivity index (χ2v) is 14.7. The molecule has 1 aliphatic rings. The zero-order valence-corrected chi connectivity index (χ0v) is 23.9. The topological polar surface area (TPSA) is 97.3 Å². The fourth-order valence-electron chi connectivity index (χ4n) is 5.07. The van der Waals surface area contributed by atoms with E-state index in [1.807, 2.05) is 18.2 Å². The lowest BCUT2D eigenvalue weighted by atomic mass is 10.1. The second-order valence-electron chi connectivity index (χ2n) is 10.4. The second kappa shape index (κ2) is 11.1. The predicted molar refractivity (Wildman–Crippen MR) is 156 cm³/mol. The van der Waals surface area contributed by atoms with Crippen LogP contribution in [0.25, 0.3) is 22.2 Å². The van der Waals surface area contributed by atoms with E-state index in [9.17, 15) is 30.0 Å². The molecule has 218 valence electrons. The summed E-state index contributed by atoms with van der Waals surface area (Å²) in [5.41, 5.74) is 3.80. The highest BCUT2D eigenvalue weighted by Gasteiger charge is 2.31. The van der Waals surface area contributed by atoms with Crippen molar-refractivity contribution in [1.82, 2.24) is 4.57 Å². The van der Waals surface area contributed by atoms with Crippen LogP contribution in [-0.2, 0) is 32.8 Å². The molecule has 0 radical (unpaired) electrons. The number of hydrogen-bond acceptors (Lipinski definition) is 6. The van der Waals surface area contributed by atoms with E-state index in [1.54, 1.807) is 42.5 Å². The number of rotatable bonds is 8. The van der Waals surface area contributed by atoms with Gasteiger partial charge in [-0.05, 0) is 66.4 Å². The number of benzene rings is 3. The summed E-state index contributed by atoms with van der Waals surface area (Å²) in [6, 6.07) is 20.5. The molecule has 1 aliphatic heterocycles. The van der Waals surface area contributed by atoms with Crippen molar-refractivity contribution in [3.8, 4) is 11.3 Å². The van der Waals surface area contributed by atoms with E-state index >= 15 is 0 Å². The summed E-state index contributed by atoms with van der Waals surface area (Å²) in [7, 11) is -6.32. The average molecular weight is 606 g/mol. The molecular weight excluding hydrogens is 575 g/mol. The average Bonchev–Trinajstić information content (AvgIpc) is 3.26. The van der Waals surface area contributed by atoms with Gasteiger partial charge in [0.15, 0.2) is 9.84 Å². The molecule has 0 unspecified atom stereocenters. The first-order valence-electron chi connectivity index (χ1n) is 13.1. The highest BCUT2D eigenvalue weighted by atomic mass is 32.2. The summed E-state index contributed by atoms with van der Waals surface area (Å²) >= 11 is 0. The Morgan fingerprint density at radius 1 is 0.951 bits per heavy atom. The summed E-state index contributed by atoms with van der Waals surface area (Å²) in [5, 5.41) is 7.23. The number of alkyl halides is 3. The monoisotopic (exact) mass is 605 g/mol. The molecular formula is C29H30F3N3O4S2. The van der Waals surface area contributed by atoms with Gasteiger partial charge in [0, 0.05) is 41.3 Å². The van der Waals surface area contributed by atoms with Crippen LogP contribution in [0, 0.1) is 0 Å². The van der Waals surface area contributed by atoms with Crippen LogP contribution in [0.4, 0.5) is 24.5 Å². The molecule has 1 aromatic heterocycles. The lowest BCUT2D eigenvalue weighted by Gasteiger charge is -2.24. The summed E-state index contributed by atoms with van der Waals surface area (Å²) in [6.07, 6.45) is -2.38. The summed E-state index contributed by atoms with van der Waals surface area (Å²) in [6.45, 7) is -0.709. The number of nitrogens with one attached hydrogen (secondary N) is 2. The Hall–Kier alpha value is -3.51. The predicted octanol–water partition coefficient (Wildman–Crippen LogP) is 5.88. The Kier molecular flexibility index (Phi) is 7.82. The minimum absolute atomic E-state index is 0.0760. The number of aromatic nitrogens is 1. The van der Waals surface area contributed by atoms with Crippen LogP contribution < -0.4 is 10.6 Å². The van der Waals surface area contributed by atoms with E-state index in [-0.39, 0.29) is 22.4 Å². The third-order valence-electron chi connectivity index (χ3n) is 7.23. The van der Waals surface area contributed by atoms with Crippen LogP contribution in [0.1, 0.15) is 18.4 Å². The molecule has 1 fully saturated rings. The fraction of sp³-hybridized carbons (Fsp3) is 0.310. The molecule has 0 amide bonds. The van der Waals surface area contributed by atoms with Gasteiger partial charge in [0.25, 0.3) is 0 Å².